The monoisotopic (exact) mass is 737 g/mol. The molecular weight excluding hydrogens is 661 g/mol. The molecule has 300 valence electrons. The summed E-state index contributed by atoms with van der Waals surface area (Å²) in [6.07, 6.45) is 51.5. The van der Waals surface area contributed by atoms with E-state index in [2.05, 4.69) is 57.2 Å². The van der Waals surface area contributed by atoms with Gasteiger partial charge in [0.1, 0.15) is 13.2 Å². The molecule has 0 spiro atoms. The van der Waals surface area contributed by atoms with Gasteiger partial charge in [-0.3, -0.25) is 14.4 Å². The number of hydrogen-bond acceptors (Lipinski definition) is 6. The van der Waals surface area contributed by atoms with Crippen LogP contribution >= 0.6 is 0 Å². The van der Waals surface area contributed by atoms with Gasteiger partial charge in [0.05, 0.1) is 0 Å². The molecule has 53 heavy (non-hydrogen) atoms. The molecule has 0 saturated heterocycles. The molecule has 6 heteroatoms. The van der Waals surface area contributed by atoms with E-state index in [-0.39, 0.29) is 31.1 Å². The third-order valence-electron chi connectivity index (χ3n) is 8.52. The van der Waals surface area contributed by atoms with Gasteiger partial charge in [-0.05, 0) is 64.2 Å². The predicted octanol–water partition coefficient (Wildman–Crippen LogP) is 13.3. The zero-order chi connectivity index (χ0) is 38.7. The van der Waals surface area contributed by atoms with Crippen LogP contribution in [0, 0.1) is 0 Å². The van der Waals surface area contributed by atoms with Crippen molar-refractivity contribution in [2.24, 2.45) is 0 Å². The van der Waals surface area contributed by atoms with Gasteiger partial charge in [0, 0.05) is 19.3 Å². The predicted molar refractivity (Wildman–Crippen MR) is 224 cm³/mol. The number of carbonyl (C=O) groups excluding carboxylic acids is 3. The molecule has 0 amide bonds. The first-order chi connectivity index (χ1) is 26.0. The van der Waals surface area contributed by atoms with Gasteiger partial charge in [0.25, 0.3) is 0 Å². The standard InChI is InChI=1S/C47H76O6/c1-4-7-10-13-16-19-21-22-23-24-26-28-31-34-37-40-46(49)52-43-44(42-51-45(48)39-36-33-30-27-18-15-12-9-6-3)53-47(50)41-38-35-32-29-25-20-17-14-11-8-5-2/h7,9-10,12-13,16,18-19,21-24,26-27,44H,4-6,8,11,14-15,17,20,25,28-43H2,1-3H3/b10-7-,12-9-,16-13-,21-19-,23-22-,26-24-,27-18-. The van der Waals surface area contributed by atoms with E-state index >= 15 is 0 Å². The van der Waals surface area contributed by atoms with Crippen molar-refractivity contribution >= 4 is 17.9 Å². The lowest BCUT2D eigenvalue weighted by Crippen LogP contribution is -2.30. The smallest absolute Gasteiger partial charge is 0.306 e. The Hall–Kier alpha value is -3.41. The summed E-state index contributed by atoms with van der Waals surface area (Å²) < 4.78 is 16.6. The van der Waals surface area contributed by atoms with Crippen LogP contribution in [0.1, 0.15) is 175 Å². The fourth-order valence-corrected chi connectivity index (χ4v) is 5.38. The zero-order valence-electron chi connectivity index (χ0n) is 34.0. The number of carbonyl (C=O) groups is 3. The number of hydrogen-bond donors (Lipinski definition) is 0. The maximum atomic E-state index is 12.7. The van der Waals surface area contributed by atoms with E-state index in [1.165, 1.54) is 51.4 Å². The molecule has 0 bridgehead atoms. The highest BCUT2D eigenvalue weighted by atomic mass is 16.6. The summed E-state index contributed by atoms with van der Waals surface area (Å²) in [6, 6.07) is 0. The quantitative estimate of drug-likeness (QED) is 0.0209. The van der Waals surface area contributed by atoms with Crippen LogP contribution < -0.4 is 0 Å². The van der Waals surface area contributed by atoms with E-state index in [9.17, 15) is 14.4 Å². The van der Waals surface area contributed by atoms with Crippen molar-refractivity contribution < 1.29 is 28.6 Å². The molecule has 0 N–H and O–H groups in total. The van der Waals surface area contributed by atoms with Gasteiger partial charge >= 0.3 is 17.9 Å². The highest BCUT2D eigenvalue weighted by Crippen LogP contribution is 2.13. The fraction of sp³-hybridized carbons (Fsp3) is 0.638. The number of rotatable bonds is 36. The second kappa shape index (κ2) is 41.3. The zero-order valence-corrected chi connectivity index (χ0v) is 34.0. The van der Waals surface area contributed by atoms with Gasteiger partial charge in [-0.1, -0.05) is 176 Å². The largest absolute Gasteiger partial charge is 0.462 e. The Morgan fingerprint density at radius 3 is 1.40 bits per heavy atom. The van der Waals surface area contributed by atoms with Crippen LogP contribution in [0.5, 0.6) is 0 Å². The molecule has 0 aromatic rings. The molecular formula is C47H76O6. The topological polar surface area (TPSA) is 78.9 Å². The number of unbranched alkanes of at least 4 members (excludes halogenated alkanes) is 15. The van der Waals surface area contributed by atoms with Crippen LogP contribution in [-0.4, -0.2) is 37.2 Å². The molecule has 0 aromatic carbocycles. The molecule has 0 aliphatic rings. The Kier molecular flexibility index (Phi) is 38.7. The maximum Gasteiger partial charge on any atom is 0.306 e. The lowest BCUT2D eigenvalue weighted by atomic mass is 10.1. The highest BCUT2D eigenvalue weighted by molar-refractivity contribution is 5.71. The molecule has 0 rings (SSSR count). The molecule has 0 saturated carbocycles. The molecule has 0 aromatic heterocycles. The Balaban J connectivity index is 4.49. The van der Waals surface area contributed by atoms with Gasteiger partial charge in [-0.2, -0.15) is 0 Å². The first-order valence-electron chi connectivity index (χ1n) is 21.2. The summed E-state index contributed by atoms with van der Waals surface area (Å²) in [5.41, 5.74) is 0. The lowest BCUT2D eigenvalue weighted by Gasteiger charge is -2.18. The summed E-state index contributed by atoms with van der Waals surface area (Å²) in [6.45, 7) is 6.26. The number of allylic oxidation sites excluding steroid dienone is 14. The Bertz CT molecular complexity index is 1080. The molecule has 0 radical (unpaired) electrons. The Labute approximate surface area is 325 Å². The summed E-state index contributed by atoms with van der Waals surface area (Å²) in [4.78, 5) is 37.5. The van der Waals surface area contributed by atoms with Gasteiger partial charge in [0.15, 0.2) is 6.10 Å². The number of esters is 3. The molecule has 1 unspecified atom stereocenters. The van der Waals surface area contributed by atoms with Crippen molar-refractivity contribution in [2.75, 3.05) is 13.2 Å². The van der Waals surface area contributed by atoms with E-state index in [0.717, 1.165) is 83.5 Å². The second-order valence-corrected chi connectivity index (χ2v) is 13.6. The van der Waals surface area contributed by atoms with Crippen LogP contribution in [-0.2, 0) is 28.6 Å². The average Bonchev–Trinajstić information content (AvgIpc) is 3.15. The van der Waals surface area contributed by atoms with E-state index in [0.29, 0.717) is 19.3 Å². The first kappa shape index (κ1) is 49.6. The molecule has 0 fully saturated rings. The summed E-state index contributed by atoms with van der Waals surface area (Å²) in [7, 11) is 0. The van der Waals surface area contributed by atoms with Crippen LogP contribution in [0.2, 0.25) is 0 Å². The van der Waals surface area contributed by atoms with Crippen LogP contribution in [0.15, 0.2) is 85.1 Å². The number of ether oxygens (including phenoxy) is 3. The molecule has 0 aliphatic carbocycles. The van der Waals surface area contributed by atoms with Gasteiger partial charge in [-0.15, -0.1) is 0 Å². The van der Waals surface area contributed by atoms with Gasteiger partial charge in [-0.25, -0.2) is 0 Å². The summed E-state index contributed by atoms with van der Waals surface area (Å²) in [5, 5.41) is 0. The van der Waals surface area contributed by atoms with Crippen molar-refractivity contribution in [1.82, 2.24) is 0 Å². The van der Waals surface area contributed by atoms with Crippen LogP contribution in [0.4, 0.5) is 0 Å². The molecule has 6 nitrogen and oxygen atoms in total. The third-order valence-corrected chi connectivity index (χ3v) is 8.52. The van der Waals surface area contributed by atoms with Crippen molar-refractivity contribution in [2.45, 2.75) is 181 Å². The maximum absolute atomic E-state index is 12.7. The minimum atomic E-state index is -0.802. The fourth-order valence-electron chi connectivity index (χ4n) is 5.38. The summed E-state index contributed by atoms with van der Waals surface area (Å²) in [5.74, 6) is -0.995. The molecule has 0 heterocycles. The van der Waals surface area contributed by atoms with Gasteiger partial charge in [0.2, 0.25) is 0 Å². The minimum absolute atomic E-state index is 0.108. The highest BCUT2D eigenvalue weighted by Gasteiger charge is 2.19. The summed E-state index contributed by atoms with van der Waals surface area (Å²) >= 11 is 0. The average molecular weight is 737 g/mol. The van der Waals surface area contributed by atoms with Crippen molar-refractivity contribution in [3.63, 3.8) is 0 Å². The Morgan fingerprint density at radius 2 is 0.830 bits per heavy atom. The first-order valence-corrected chi connectivity index (χ1v) is 21.2. The Morgan fingerprint density at radius 1 is 0.415 bits per heavy atom. The second-order valence-electron chi connectivity index (χ2n) is 13.6. The molecule has 0 aliphatic heterocycles. The van der Waals surface area contributed by atoms with E-state index < -0.39 is 6.10 Å². The van der Waals surface area contributed by atoms with Crippen molar-refractivity contribution in [3.05, 3.63) is 85.1 Å². The minimum Gasteiger partial charge on any atom is -0.462 e. The van der Waals surface area contributed by atoms with E-state index in [1.807, 2.05) is 48.6 Å². The van der Waals surface area contributed by atoms with Crippen LogP contribution in [0.25, 0.3) is 0 Å². The SMILES string of the molecule is CC\C=C/C=C\C=C/C=C\C=C/CCCCCC(=O)OCC(COC(=O)CCCC/C=C\C/C=C\CC)OC(=O)CCCCCCCCCCCCC. The third kappa shape index (κ3) is 39.6. The lowest BCUT2D eigenvalue weighted by molar-refractivity contribution is -0.167. The normalized spacial score (nSPS) is 12.9. The molecule has 1 atom stereocenters. The van der Waals surface area contributed by atoms with E-state index in [4.69, 9.17) is 14.2 Å². The van der Waals surface area contributed by atoms with Crippen LogP contribution in [0.3, 0.4) is 0 Å². The van der Waals surface area contributed by atoms with Gasteiger partial charge < -0.3 is 14.2 Å². The van der Waals surface area contributed by atoms with Crippen molar-refractivity contribution in [1.29, 1.82) is 0 Å². The van der Waals surface area contributed by atoms with E-state index in [1.54, 1.807) is 0 Å². The van der Waals surface area contributed by atoms with Crippen molar-refractivity contribution in [3.8, 4) is 0 Å².